The Labute approximate surface area is 144 Å². The summed E-state index contributed by atoms with van der Waals surface area (Å²) in [4.78, 5) is 12.0. The predicted octanol–water partition coefficient (Wildman–Crippen LogP) is 2.76. The fraction of sp³-hybridized carbons (Fsp3) is 0.333. The van der Waals surface area contributed by atoms with Crippen molar-refractivity contribution in [3.63, 3.8) is 0 Å². The van der Waals surface area contributed by atoms with Crippen LogP contribution >= 0.6 is 23.4 Å². The predicted molar refractivity (Wildman–Crippen MR) is 95.2 cm³/mol. The monoisotopic (exact) mass is 354 g/mol. The first-order valence-electron chi connectivity index (χ1n) is 7.00. The topological polar surface area (TPSA) is 93.0 Å². The Morgan fingerprint density at radius 2 is 2.30 bits per heavy atom. The highest BCUT2D eigenvalue weighted by Crippen LogP contribution is 2.32. The van der Waals surface area contributed by atoms with Crippen LogP contribution in [0.2, 0.25) is 5.02 Å². The Bertz CT molecular complexity index is 677. The number of amides is 1. The number of aromatic amines is 1. The highest BCUT2D eigenvalue weighted by Gasteiger charge is 2.16. The quantitative estimate of drug-likeness (QED) is 0.711. The molecular formula is C15H19ClN4O2S. The van der Waals surface area contributed by atoms with E-state index in [-0.39, 0.29) is 5.91 Å². The number of benzene rings is 1. The van der Waals surface area contributed by atoms with Crippen LogP contribution in [0.5, 0.6) is 5.75 Å². The number of nitrogens with one attached hydrogen (secondary N) is 2. The molecule has 0 saturated heterocycles. The van der Waals surface area contributed by atoms with E-state index in [4.69, 9.17) is 22.1 Å². The van der Waals surface area contributed by atoms with Crippen molar-refractivity contribution in [2.45, 2.75) is 12.5 Å². The van der Waals surface area contributed by atoms with Gasteiger partial charge >= 0.3 is 0 Å². The molecule has 1 aromatic heterocycles. The maximum Gasteiger partial charge on any atom is 0.242 e. The summed E-state index contributed by atoms with van der Waals surface area (Å²) in [6.07, 6.45) is 2.59. The Balaban J connectivity index is 2.12. The maximum atomic E-state index is 12.0. The van der Waals surface area contributed by atoms with E-state index in [2.05, 4.69) is 15.5 Å². The summed E-state index contributed by atoms with van der Waals surface area (Å²) in [6, 6.07) is 6.45. The number of nitrogens with zero attached hydrogens (tertiary/aromatic N) is 1. The van der Waals surface area contributed by atoms with Gasteiger partial charge in [0.2, 0.25) is 5.91 Å². The summed E-state index contributed by atoms with van der Waals surface area (Å²) in [6.45, 7) is 0. The number of hydrogen-bond donors (Lipinski definition) is 3. The Hall–Kier alpha value is -1.70. The van der Waals surface area contributed by atoms with E-state index in [1.807, 2.05) is 6.26 Å². The van der Waals surface area contributed by atoms with Gasteiger partial charge in [-0.2, -0.15) is 16.9 Å². The number of ether oxygens (including phenoxy) is 1. The third-order valence-electron chi connectivity index (χ3n) is 3.25. The van der Waals surface area contributed by atoms with Crippen molar-refractivity contribution in [2.24, 2.45) is 5.73 Å². The first-order chi connectivity index (χ1) is 11.0. The second-order valence-corrected chi connectivity index (χ2v) is 6.31. The number of carbonyl (C=O) groups is 1. The zero-order valence-electron chi connectivity index (χ0n) is 12.9. The van der Waals surface area contributed by atoms with Crippen LogP contribution in [0.15, 0.2) is 24.3 Å². The number of thioether (sulfide) groups is 1. The fourth-order valence-corrected chi connectivity index (χ4v) is 2.67. The summed E-state index contributed by atoms with van der Waals surface area (Å²) in [5.41, 5.74) is 7.29. The third kappa shape index (κ3) is 4.63. The molecule has 8 heteroatoms. The van der Waals surface area contributed by atoms with Gasteiger partial charge in [0.15, 0.2) is 5.82 Å². The van der Waals surface area contributed by atoms with Gasteiger partial charge in [-0.05, 0) is 36.6 Å². The summed E-state index contributed by atoms with van der Waals surface area (Å²) in [5, 5.41) is 10.2. The van der Waals surface area contributed by atoms with E-state index in [9.17, 15) is 4.79 Å². The van der Waals surface area contributed by atoms with Crippen LogP contribution in [-0.4, -0.2) is 41.3 Å². The molecule has 23 heavy (non-hydrogen) atoms. The van der Waals surface area contributed by atoms with Crippen LogP contribution in [-0.2, 0) is 4.79 Å². The normalized spacial score (nSPS) is 12.0. The van der Waals surface area contributed by atoms with Crippen LogP contribution in [0.1, 0.15) is 6.42 Å². The molecule has 1 heterocycles. The minimum atomic E-state index is -0.552. The molecule has 0 aliphatic rings. The number of H-pyrrole nitrogens is 1. The molecule has 0 spiro atoms. The average Bonchev–Trinajstić information content (AvgIpc) is 3.00. The largest absolute Gasteiger partial charge is 0.496 e. The van der Waals surface area contributed by atoms with Crippen molar-refractivity contribution in [3.05, 3.63) is 29.3 Å². The highest BCUT2D eigenvalue weighted by atomic mass is 35.5. The van der Waals surface area contributed by atoms with Gasteiger partial charge in [0.25, 0.3) is 0 Å². The molecule has 0 aliphatic carbocycles. The molecule has 0 bridgehead atoms. The molecule has 0 unspecified atom stereocenters. The minimum Gasteiger partial charge on any atom is -0.496 e. The second kappa shape index (κ2) is 8.24. The van der Waals surface area contributed by atoms with Crippen LogP contribution in [0.4, 0.5) is 5.82 Å². The van der Waals surface area contributed by atoms with E-state index < -0.39 is 6.04 Å². The highest BCUT2D eigenvalue weighted by molar-refractivity contribution is 7.98. The molecule has 0 radical (unpaired) electrons. The zero-order chi connectivity index (χ0) is 16.8. The summed E-state index contributed by atoms with van der Waals surface area (Å²) in [7, 11) is 1.58. The number of methoxy groups -OCH3 is 1. The number of hydrogen-bond acceptors (Lipinski definition) is 5. The Kier molecular flexibility index (Phi) is 6.32. The van der Waals surface area contributed by atoms with E-state index >= 15 is 0 Å². The van der Waals surface area contributed by atoms with Gasteiger partial charge in [-0.1, -0.05) is 11.6 Å². The van der Waals surface area contributed by atoms with E-state index in [1.54, 1.807) is 43.1 Å². The molecule has 6 nitrogen and oxygen atoms in total. The molecule has 1 atom stereocenters. The molecule has 0 aliphatic heterocycles. The van der Waals surface area contributed by atoms with E-state index in [0.717, 1.165) is 11.3 Å². The fourth-order valence-electron chi connectivity index (χ4n) is 2.01. The van der Waals surface area contributed by atoms with Gasteiger partial charge in [0.05, 0.1) is 18.8 Å². The van der Waals surface area contributed by atoms with Crippen LogP contribution < -0.4 is 15.8 Å². The Morgan fingerprint density at radius 3 is 3.00 bits per heavy atom. The van der Waals surface area contributed by atoms with Crippen LogP contribution in [0.3, 0.4) is 0 Å². The lowest BCUT2D eigenvalue weighted by Crippen LogP contribution is -2.36. The lowest BCUT2D eigenvalue weighted by atomic mass is 10.1. The van der Waals surface area contributed by atoms with E-state index in [0.29, 0.717) is 28.7 Å². The lowest BCUT2D eigenvalue weighted by molar-refractivity contribution is -0.117. The molecule has 0 fully saturated rings. The maximum absolute atomic E-state index is 12.0. The van der Waals surface area contributed by atoms with Crippen molar-refractivity contribution in [1.82, 2.24) is 10.2 Å². The smallest absolute Gasteiger partial charge is 0.242 e. The Morgan fingerprint density at radius 1 is 1.52 bits per heavy atom. The average molecular weight is 355 g/mol. The van der Waals surface area contributed by atoms with Gasteiger partial charge in [0, 0.05) is 16.7 Å². The van der Waals surface area contributed by atoms with E-state index in [1.165, 1.54) is 0 Å². The van der Waals surface area contributed by atoms with Gasteiger partial charge in [-0.15, -0.1) is 0 Å². The molecule has 4 N–H and O–H groups in total. The lowest BCUT2D eigenvalue weighted by Gasteiger charge is -2.09. The summed E-state index contributed by atoms with van der Waals surface area (Å²) < 4.78 is 5.31. The number of nitrogens with two attached hydrogens (primary N) is 1. The first kappa shape index (κ1) is 17.7. The summed E-state index contributed by atoms with van der Waals surface area (Å²) >= 11 is 7.68. The van der Waals surface area contributed by atoms with Crippen molar-refractivity contribution < 1.29 is 9.53 Å². The van der Waals surface area contributed by atoms with Gasteiger partial charge in [-0.25, -0.2) is 0 Å². The van der Waals surface area contributed by atoms with Crippen molar-refractivity contribution in [3.8, 4) is 17.0 Å². The molecule has 2 rings (SSSR count). The number of halogens is 1. The van der Waals surface area contributed by atoms with Gasteiger partial charge < -0.3 is 15.8 Å². The van der Waals surface area contributed by atoms with Crippen LogP contribution in [0, 0.1) is 0 Å². The van der Waals surface area contributed by atoms with Crippen molar-refractivity contribution in [2.75, 3.05) is 24.4 Å². The third-order valence-corrected chi connectivity index (χ3v) is 4.13. The standard InChI is InChI=1S/C15H19ClN4O2S/c1-22-13-4-3-9(16)7-10(13)12-8-14(20-19-12)18-15(21)11(17)5-6-23-2/h3-4,7-8,11H,5-6,17H2,1-2H3,(H2,18,19,20,21)/t11-/m0/s1. The molecule has 0 saturated carbocycles. The molecular weight excluding hydrogens is 336 g/mol. The molecule has 2 aromatic rings. The van der Waals surface area contributed by atoms with Crippen molar-refractivity contribution >= 4 is 35.1 Å². The van der Waals surface area contributed by atoms with Crippen molar-refractivity contribution in [1.29, 1.82) is 0 Å². The van der Waals surface area contributed by atoms with Gasteiger partial charge in [0.1, 0.15) is 5.75 Å². The van der Waals surface area contributed by atoms with Gasteiger partial charge in [-0.3, -0.25) is 9.89 Å². The minimum absolute atomic E-state index is 0.254. The second-order valence-electron chi connectivity index (χ2n) is 4.89. The number of anilines is 1. The summed E-state index contributed by atoms with van der Waals surface area (Å²) in [5.74, 6) is 1.65. The number of aromatic nitrogens is 2. The first-order valence-corrected chi connectivity index (χ1v) is 8.77. The SMILES string of the molecule is COc1ccc(Cl)cc1-c1cc(NC(=O)[C@@H](N)CCSC)n[nH]1. The molecule has 1 aromatic carbocycles. The number of carbonyl (C=O) groups excluding carboxylic acids is 1. The van der Waals surface area contributed by atoms with Crippen LogP contribution in [0.25, 0.3) is 11.3 Å². The molecule has 1 amide bonds. The molecule has 124 valence electrons. The number of rotatable bonds is 7. The zero-order valence-corrected chi connectivity index (χ0v) is 14.5.